The fourth-order valence-electron chi connectivity index (χ4n) is 1.58. The van der Waals surface area contributed by atoms with E-state index in [0.29, 0.717) is 22.8 Å². The van der Waals surface area contributed by atoms with Crippen LogP contribution in [-0.2, 0) is 11.4 Å². The Hall–Kier alpha value is -2.63. The van der Waals surface area contributed by atoms with Crippen molar-refractivity contribution in [3.05, 3.63) is 53.2 Å². The average molecular weight is 277 g/mol. The second-order valence-electron chi connectivity index (χ2n) is 4.07. The van der Waals surface area contributed by atoms with Crippen LogP contribution < -0.4 is 4.74 Å². The van der Waals surface area contributed by atoms with Crippen molar-refractivity contribution in [2.24, 2.45) is 0 Å². The lowest BCUT2D eigenvalue weighted by molar-refractivity contribution is -0.131. The van der Waals surface area contributed by atoms with E-state index in [1.807, 2.05) is 0 Å². The van der Waals surface area contributed by atoms with Crippen LogP contribution >= 0.6 is 0 Å². The summed E-state index contributed by atoms with van der Waals surface area (Å²) in [6, 6.07) is 5.59. The molecule has 0 fully saturated rings. The minimum Gasteiger partial charge on any atom is -0.487 e. The molecule has 1 heterocycles. The van der Waals surface area contributed by atoms with Crippen molar-refractivity contribution in [3.8, 4) is 5.75 Å². The molecule has 0 saturated heterocycles. The summed E-state index contributed by atoms with van der Waals surface area (Å²) in [6.45, 7) is 1.91. The van der Waals surface area contributed by atoms with E-state index in [9.17, 15) is 9.18 Å². The lowest BCUT2D eigenvalue weighted by Gasteiger charge is -2.07. The Morgan fingerprint density at radius 1 is 1.50 bits per heavy atom. The normalized spacial score (nSPS) is 10.9. The van der Waals surface area contributed by atoms with Gasteiger partial charge in [-0.05, 0) is 31.2 Å². The van der Waals surface area contributed by atoms with E-state index >= 15 is 0 Å². The number of halogens is 1. The van der Waals surface area contributed by atoms with Crippen molar-refractivity contribution >= 4 is 12.0 Å². The van der Waals surface area contributed by atoms with Gasteiger partial charge in [0.25, 0.3) is 0 Å². The van der Waals surface area contributed by atoms with E-state index < -0.39 is 11.8 Å². The Balaban J connectivity index is 2.15. The molecule has 0 bridgehead atoms. The Kier molecular flexibility index (Phi) is 4.14. The molecular formula is C14H12FNO4. The summed E-state index contributed by atoms with van der Waals surface area (Å²) in [7, 11) is 0. The molecule has 1 aromatic carbocycles. The van der Waals surface area contributed by atoms with Gasteiger partial charge < -0.3 is 14.4 Å². The highest BCUT2D eigenvalue weighted by Crippen LogP contribution is 2.22. The number of carbonyl (C=O) groups is 1. The van der Waals surface area contributed by atoms with Crippen LogP contribution in [0.4, 0.5) is 4.39 Å². The van der Waals surface area contributed by atoms with Gasteiger partial charge in [0.05, 0.1) is 0 Å². The summed E-state index contributed by atoms with van der Waals surface area (Å²) in [5.74, 6) is -0.565. The van der Waals surface area contributed by atoms with Crippen LogP contribution in [0.2, 0.25) is 0 Å². The van der Waals surface area contributed by atoms with Crippen LogP contribution in [0.3, 0.4) is 0 Å². The van der Waals surface area contributed by atoms with E-state index in [0.717, 1.165) is 6.08 Å². The number of carboxylic acid groups (broad SMARTS) is 1. The maximum Gasteiger partial charge on any atom is 0.328 e. The average Bonchev–Trinajstić information content (AvgIpc) is 2.81. The third-order valence-corrected chi connectivity index (χ3v) is 2.43. The molecule has 2 rings (SSSR count). The second-order valence-corrected chi connectivity index (χ2v) is 4.07. The lowest BCUT2D eigenvalue weighted by Crippen LogP contribution is -1.98. The largest absolute Gasteiger partial charge is 0.487 e. The number of nitrogens with zero attached hydrogens (tertiary/aromatic N) is 1. The zero-order valence-corrected chi connectivity index (χ0v) is 10.7. The number of aliphatic carboxylic acids is 1. The molecule has 6 heteroatoms. The molecule has 0 unspecified atom stereocenters. The van der Waals surface area contributed by atoms with Crippen LogP contribution in [0.1, 0.15) is 17.0 Å². The zero-order chi connectivity index (χ0) is 14.5. The Bertz CT molecular complexity index is 648. The summed E-state index contributed by atoms with van der Waals surface area (Å²) in [6.07, 6.45) is 2.19. The van der Waals surface area contributed by atoms with Gasteiger partial charge in [-0.3, -0.25) is 0 Å². The minimum absolute atomic E-state index is 0.150. The van der Waals surface area contributed by atoms with Gasteiger partial charge in [-0.25, -0.2) is 9.18 Å². The zero-order valence-electron chi connectivity index (χ0n) is 10.7. The highest BCUT2D eigenvalue weighted by molar-refractivity contribution is 5.85. The van der Waals surface area contributed by atoms with E-state index in [1.165, 1.54) is 24.3 Å². The number of hydrogen-bond donors (Lipinski definition) is 1. The van der Waals surface area contributed by atoms with Crippen LogP contribution in [0.5, 0.6) is 5.75 Å². The number of rotatable bonds is 5. The van der Waals surface area contributed by atoms with Gasteiger partial charge in [0.2, 0.25) is 0 Å². The Morgan fingerprint density at radius 3 is 2.95 bits per heavy atom. The van der Waals surface area contributed by atoms with Gasteiger partial charge in [-0.2, -0.15) is 0 Å². The standard InChI is InChI=1S/C14H12FNO4/c1-9-6-12(16-20-9)8-19-13-4-3-11(15)7-10(13)2-5-14(17)18/h2-7H,8H2,1H3,(H,17,18)/b5-2+. The molecule has 5 nitrogen and oxygen atoms in total. The third kappa shape index (κ3) is 3.68. The number of aromatic nitrogens is 1. The summed E-state index contributed by atoms with van der Waals surface area (Å²) in [4.78, 5) is 10.5. The van der Waals surface area contributed by atoms with E-state index in [-0.39, 0.29) is 6.61 Å². The number of benzene rings is 1. The number of aryl methyl sites for hydroxylation is 1. The fraction of sp³-hybridized carbons (Fsp3) is 0.143. The molecule has 0 aliphatic rings. The maximum absolute atomic E-state index is 13.2. The van der Waals surface area contributed by atoms with Gasteiger partial charge in [0.15, 0.2) is 0 Å². The number of hydrogen-bond acceptors (Lipinski definition) is 4. The van der Waals surface area contributed by atoms with Crippen molar-refractivity contribution in [2.75, 3.05) is 0 Å². The maximum atomic E-state index is 13.2. The van der Waals surface area contributed by atoms with Crippen molar-refractivity contribution < 1.29 is 23.6 Å². The summed E-state index contributed by atoms with van der Waals surface area (Å²) in [5.41, 5.74) is 0.938. The molecule has 0 aliphatic heterocycles. The van der Waals surface area contributed by atoms with Gasteiger partial charge in [0.1, 0.15) is 29.6 Å². The monoisotopic (exact) mass is 277 g/mol. The quantitative estimate of drug-likeness (QED) is 0.851. The molecule has 0 aliphatic carbocycles. The van der Waals surface area contributed by atoms with Crippen molar-refractivity contribution in [1.29, 1.82) is 0 Å². The SMILES string of the molecule is Cc1cc(COc2ccc(F)cc2/C=C/C(=O)O)no1. The Labute approximate surface area is 114 Å². The van der Waals surface area contributed by atoms with Gasteiger partial charge in [0, 0.05) is 17.7 Å². The highest BCUT2D eigenvalue weighted by Gasteiger charge is 2.06. The summed E-state index contributed by atoms with van der Waals surface area (Å²) < 4.78 is 23.6. The van der Waals surface area contributed by atoms with Crippen molar-refractivity contribution in [1.82, 2.24) is 5.16 Å². The van der Waals surface area contributed by atoms with E-state index in [4.69, 9.17) is 14.4 Å². The predicted molar refractivity (Wildman–Crippen MR) is 68.6 cm³/mol. The second kappa shape index (κ2) is 6.01. The number of carboxylic acids is 1. The van der Waals surface area contributed by atoms with Crippen molar-refractivity contribution in [3.63, 3.8) is 0 Å². The molecule has 0 saturated carbocycles. The third-order valence-electron chi connectivity index (χ3n) is 2.43. The lowest BCUT2D eigenvalue weighted by atomic mass is 10.2. The van der Waals surface area contributed by atoms with Crippen LogP contribution in [0.15, 0.2) is 34.9 Å². The van der Waals surface area contributed by atoms with Crippen LogP contribution in [-0.4, -0.2) is 16.2 Å². The molecule has 0 amide bonds. The molecule has 1 N–H and O–H groups in total. The smallest absolute Gasteiger partial charge is 0.328 e. The van der Waals surface area contributed by atoms with Crippen molar-refractivity contribution in [2.45, 2.75) is 13.5 Å². The Morgan fingerprint density at radius 2 is 2.30 bits per heavy atom. The summed E-state index contributed by atoms with van der Waals surface area (Å²) in [5, 5.41) is 12.4. The summed E-state index contributed by atoms with van der Waals surface area (Å²) >= 11 is 0. The molecule has 20 heavy (non-hydrogen) atoms. The highest BCUT2D eigenvalue weighted by atomic mass is 19.1. The first-order chi connectivity index (χ1) is 9.54. The first-order valence-corrected chi connectivity index (χ1v) is 5.80. The molecule has 104 valence electrons. The first kappa shape index (κ1) is 13.8. The molecular weight excluding hydrogens is 265 g/mol. The molecule has 0 radical (unpaired) electrons. The molecule has 1 aromatic heterocycles. The van der Waals surface area contributed by atoms with Gasteiger partial charge in [-0.15, -0.1) is 0 Å². The van der Waals surface area contributed by atoms with Gasteiger partial charge in [-0.1, -0.05) is 5.16 Å². The van der Waals surface area contributed by atoms with Gasteiger partial charge >= 0.3 is 5.97 Å². The van der Waals surface area contributed by atoms with Crippen LogP contribution in [0.25, 0.3) is 6.08 Å². The minimum atomic E-state index is -1.12. The molecule has 2 aromatic rings. The van der Waals surface area contributed by atoms with Crippen LogP contribution in [0, 0.1) is 12.7 Å². The molecule has 0 spiro atoms. The topological polar surface area (TPSA) is 72.6 Å². The fourth-order valence-corrected chi connectivity index (χ4v) is 1.58. The first-order valence-electron chi connectivity index (χ1n) is 5.80. The molecule has 0 atom stereocenters. The van der Waals surface area contributed by atoms with E-state index in [2.05, 4.69) is 5.16 Å². The van der Waals surface area contributed by atoms with E-state index in [1.54, 1.807) is 13.0 Å². The number of ether oxygens (including phenoxy) is 1. The predicted octanol–water partition coefficient (Wildman–Crippen LogP) is 2.80.